The van der Waals surface area contributed by atoms with Crippen molar-refractivity contribution in [3.63, 3.8) is 0 Å². The van der Waals surface area contributed by atoms with Gasteiger partial charge in [-0.3, -0.25) is 9.52 Å². The van der Waals surface area contributed by atoms with Crippen molar-refractivity contribution in [3.8, 4) is 0 Å². The molecule has 1 N–H and O–H groups in total. The SMILES string of the molecule is CC(=O)c1c(C)oc2c(Br)cc(NS(=O)(=O)c3cccc4ccccc34)cc12. The Balaban J connectivity index is 1.85. The van der Waals surface area contributed by atoms with Gasteiger partial charge >= 0.3 is 0 Å². The quantitative estimate of drug-likeness (QED) is 0.401. The monoisotopic (exact) mass is 457 g/mol. The van der Waals surface area contributed by atoms with Gasteiger partial charge < -0.3 is 4.42 Å². The predicted octanol–water partition coefficient (Wildman–Crippen LogP) is 5.66. The maximum Gasteiger partial charge on any atom is 0.262 e. The van der Waals surface area contributed by atoms with Gasteiger partial charge in [-0.05, 0) is 53.4 Å². The summed E-state index contributed by atoms with van der Waals surface area (Å²) in [6.07, 6.45) is 0. The van der Waals surface area contributed by atoms with E-state index in [1.165, 1.54) is 6.92 Å². The Bertz CT molecular complexity index is 1350. The van der Waals surface area contributed by atoms with E-state index in [0.29, 0.717) is 37.8 Å². The minimum Gasteiger partial charge on any atom is -0.459 e. The lowest BCUT2D eigenvalue weighted by atomic mass is 10.1. The van der Waals surface area contributed by atoms with Gasteiger partial charge in [-0.2, -0.15) is 0 Å². The molecule has 3 aromatic carbocycles. The van der Waals surface area contributed by atoms with Crippen molar-refractivity contribution in [2.45, 2.75) is 18.7 Å². The van der Waals surface area contributed by atoms with Gasteiger partial charge in [0.15, 0.2) is 5.78 Å². The smallest absolute Gasteiger partial charge is 0.262 e. The first-order valence-electron chi connectivity index (χ1n) is 8.52. The van der Waals surface area contributed by atoms with Gasteiger partial charge in [-0.25, -0.2) is 8.42 Å². The number of benzene rings is 3. The van der Waals surface area contributed by atoms with Crippen LogP contribution in [0, 0.1) is 6.92 Å². The van der Waals surface area contributed by atoms with E-state index in [4.69, 9.17) is 4.42 Å². The average molecular weight is 458 g/mol. The van der Waals surface area contributed by atoms with E-state index in [9.17, 15) is 13.2 Å². The van der Waals surface area contributed by atoms with Crippen LogP contribution < -0.4 is 4.72 Å². The van der Waals surface area contributed by atoms with Crippen LogP contribution in [0.15, 0.2) is 68.4 Å². The third kappa shape index (κ3) is 3.10. The number of ketones is 1. The summed E-state index contributed by atoms with van der Waals surface area (Å²) >= 11 is 3.41. The summed E-state index contributed by atoms with van der Waals surface area (Å²) in [6, 6.07) is 15.7. The summed E-state index contributed by atoms with van der Waals surface area (Å²) in [5.41, 5.74) is 1.30. The zero-order valence-electron chi connectivity index (χ0n) is 15.1. The van der Waals surface area contributed by atoms with Crippen molar-refractivity contribution in [2.24, 2.45) is 0 Å². The molecule has 1 heterocycles. The number of halogens is 1. The van der Waals surface area contributed by atoms with Crippen molar-refractivity contribution in [1.29, 1.82) is 0 Å². The Labute approximate surface area is 170 Å². The molecule has 1 aromatic heterocycles. The number of aryl methyl sites for hydroxylation is 1. The number of Topliss-reactive ketones (excluding diaryl/α,β-unsaturated/α-hetero) is 1. The van der Waals surface area contributed by atoms with Crippen LogP contribution in [0.3, 0.4) is 0 Å². The van der Waals surface area contributed by atoms with Crippen LogP contribution >= 0.6 is 15.9 Å². The van der Waals surface area contributed by atoms with Crippen molar-refractivity contribution in [1.82, 2.24) is 0 Å². The molecule has 5 nitrogen and oxygen atoms in total. The molecule has 0 saturated carbocycles. The van der Waals surface area contributed by atoms with E-state index in [1.807, 2.05) is 18.2 Å². The molecule has 0 spiro atoms. The highest BCUT2D eigenvalue weighted by Gasteiger charge is 2.21. The summed E-state index contributed by atoms with van der Waals surface area (Å²) in [7, 11) is -3.84. The standard InChI is InChI=1S/C21H16BrNO4S/c1-12(24)20-13(2)27-21-17(20)10-15(11-18(21)22)23-28(25,26)19-9-5-7-14-6-3-4-8-16(14)19/h3-11,23H,1-2H3. The normalized spacial score (nSPS) is 11.8. The third-order valence-corrected chi connectivity index (χ3v) is 6.59. The second kappa shape index (κ2) is 6.76. The summed E-state index contributed by atoms with van der Waals surface area (Å²) < 4.78 is 35.0. The topological polar surface area (TPSA) is 76.4 Å². The van der Waals surface area contributed by atoms with Crippen molar-refractivity contribution >= 4 is 59.2 Å². The molecule has 0 amide bonds. The van der Waals surface area contributed by atoms with Crippen LogP contribution in [0.2, 0.25) is 0 Å². The molecule has 0 fully saturated rings. The van der Waals surface area contributed by atoms with Gasteiger partial charge in [0.25, 0.3) is 10.0 Å². The largest absolute Gasteiger partial charge is 0.459 e. The van der Waals surface area contributed by atoms with Crippen LogP contribution in [0.1, 0.15) is 23.0 Å². The molecule has 4 rings (SSSR count). The molecule has 142 valence electrons. The summed E-state index contributed by atoms with van der Waals surface area (Å²) in [6.45, 7) is 3.17. The highest BCUT2D eigenvalue weighted by molar-refractivity contribution is 9.10. The highest BCUT2D eigenvalue weighted by Crippen LogP contribution is 2.35. The van der Waals surface area contributed by atoms with E-state index in [1.54, 1.807) is 43.3 Å². The molecule has 0 aliphatic carbocycles. The van der Waals surface area contributed by atoms with E-state index >= 15 is 0 Å². The Morgan fingerprint density at radius 1 is 1.04 bits per heavy atom. The molecule has 0 bridgehead atoms. The molecule has 0 radical (unpaired) electrons. The van der Waals surface area contributed by atoms with Gasteiger partial charge in [0.1, 0.15) is 11.3 Å². The molecule has 0 unspecified atom stereocenters. The lowest BCUT2D eigenvalue weighted by Gasteiger charge is -2.11. The lowest BCUT2D eigenvalue weighted by molar-refractivity contribution is 0.101. The minimum atomic E-state index is -3.84. The predicted molar refractivity (Wildman–Crippen MR) is 113 cm³/mol. The number of rotatable bonds is 4. The average Bonchev–Trinajstić information content (AvgIpc) is 2.97. The van der Waals surface area contributed by atoms with Crippen molar-refractivity contribution in [2.75, 3.05) is 4.72 Å². The molecule has 0 atom stereocenters. The van der Waals surface area contributed by atoms with E-state index in [2.05, 4.69) is 20.7 Å². The number of anilines is 1. The van der Waals surface area contributed by atoms with Crippen LogP contribution in [0.25, 0.3) is 21.7 Å². The third-order valence-electron chi connectivity index (χ3n) is 4.56. The Morgan fingerprint density at radius 3 is 2.50 bits per heavy atom. The first kappa shape index (κ1) is 18.7. The second-order valence-corrected chi connectivity index (χ2v) is 9.01. The van der Waals surface area contributed by atoms with Gasteiger partial charge in [-0.15, -0.1) is 0 Å². The number of sulfonamides is 1. The summed E-state index contributed by atoms with van der Waals surface area (Å²) in [4.78, 5) is 12.2. The summed E-state index contributed by atoms with van der Waals surface area (Å²) in [5.74, 6) is 0.356. The first-order chi connectivity index (χ1) is 13.3. The summed E-state index contributed by atoms with van der Waals surface area (Å²) in [5, 5.41) is 2.04. The van der Waals surface area contributed by atoms with Crippen LogP contribution in [-0.2, 0) is 10.0 Å². The zero-order chi connectivity index (χ0) is 20.1. The minimum absolute atomic E-state index is 0.141. The highest BCUT2D eigenvalue weighted by atomic mass is 79.9. The molecule has 28 heavy (non-hydrogen) atoms. The number of hydrogen-bond donors (Lipinski definition) is 1. The van der Waals surface area contributed by atoms with Crippen LogP contribution in [0.5, 0.6) is 0 Å². The molecule has 0 aliphatic rings. The fourth-order valence-corrected chi connectivity index (χ4v) is 5.23. The number of carbonyl (C=O) groups is 1. The lowest BCUT2D eigenvalue weighted by Crippen LogP contribution is -2.13. The van der Waals surface area contributed by atoms with E-state index < -0.39 is 10.0 Å². The van der Waals surface area contributed by atoms with E-state index in [0.717, 1.165) is 5.39 Å². The number of furan rings is 1. The van der Waals surface area contributed by atoms with Gasteiger partial charge in [-0.1, -0.05) is 36.4 Å². The van der Waals surface area contributed by atoms with Gasteiger partial charge in [0.05, 0.1) is 20.6 Å². The van der Waals surface area contributed by atoms with Crippen LogP contribution in [-0.4, -0.2) is 14.2 Å². The van der Waals surface area contributed by atoms with Crippen molar-refractivity contribution in [3.05, 3.63) is 70.4 Å². The zero-order valence-corrected chi connectivity index (χ0v) is 17.5. The maximum absolute atomic E-state index is 13.1. The Hall–Kier alpha value is -2.64. The maximum atomic E-state index is 13.1. The number of hydrogen-bond acceptors (Lipinski definition) is 4. The van der Waals surface area contributed by atoms with Gasteiger partial charge in [0.2, 0.25) is 0 Å². The Morgan fingerprint density at radius 2 is 1.75 bits per heavy atom. The molecule has 7 heteroatoms. The fraction of sp³-hybridized carbons (Fsp3) is 0.0952. The second-order valence-electron chi connectivity index (χ2n) is 6.51. The molecular weight excluding hydrogens is 442 g/mol. The Kier molecular flexibility index (Phi) is 4.51. The molecular formula is C21H16BrNO4S. The van der Waals surface area contributed by atoms with Crippen molar-refractivity contribution < 1.29 is 17.6 Å². The first-order valence-corrected chi connectivity index (χ1v) is 10.8. The number of fused-ring (bicyclic) bond motifs is 2. The number of carbonyl (C=O) groups excluding carboxylic acids is 1. The van der Waals surface area contributed by atoms with E-state index in [-0.39, 0.29) is 10.7 Å². The van der Waals surface area contributed by atoms with Gasteiger partial charge in [0, 0.05) is 10.8 Å². The van der Waals surface area contributed by atoms with Crippen LogP contribution in [0.4, 0.5) is 5.69 Å². The fourth-order valence-electron chi connectivity index (χ4n) is 3.41. The number of nitrogens with one attached hydrogen (secondary N) is 1. The molecule has 0 saturated heterocycles. The molecule has 0 aliphatic heterocycles. The molecule has 4 aromatic rings.